The Labute approximate surface area is 89.7 Å². The predicted octanol–water partition coefficient (Wildman–Crippen LogP) is 3.40. The summed E-state index contributed by atoms with van der Waals surface area (Å²) in [5.41, 5.74) is 1.93. The number of pyridine rings is 1. The molecule has 0 radical (unpaired) electrons. The fourth-order valence-corrected chi connectivity index (χ4v) is 1.77. The lowest BCUT2D eigenvalue weighted by molar-refractivity contribution is 0.960. The average molecular weight is 260 g/mol. The number of imidazole rings is 1. The number of alkyl halides is 1. The third-order valence-electron chi connectivity index (χ3n) is 1.91. The van der Waals surface area contributed by atoms with Crippen molar-refractivity contribution < 1.29 is 0 Å². The van der Waals surface area contributed by atoms with Crippen LogP contribution in [0, 0.1) is 0 Å². The quantitative estimate of drug-likeness (QED) is 0.718. The summed E-state index contributed by atoms with van der Waals surface area (Å²) in [7, 11) is 0. The topological polar surface area (TPSA) is 17.3 Å². The Morgan fingerprint density at radius 3 is 3.00 bits per heavy atom. The van der Waals surface area contributed by atoms with Gasteiger partial charge in [0.05, 0.1) is 17.3 Å². The van der Waals surface area contributed by atoms with E-state index in [-0.39, 0.29) is 5.38 Å². The van der Waals surface area contributed by atoms with Gasteiger partial charge in [0.1, 0.15) is 5.65 Å². The largest absolute Gasteiger partial charge is 0.301 e. The second-order valence-corrected chi connectivity index (χ2v) is 4.44. The zero-order valence-corrected chi connectivity index (χ0v) is 9.38. The molecule has 1 atom stereocenters. The molecule has 2 heterocycles. The molecule has 0 fully saturated rings. The smallest absolute Gasteiger partial charge is 0.136 e. The molecular weight excluding hydrogens is 251 g/mol. The fraction of sp³-hybridized carbons (Fsp3) is 0.222. The first kappa shape index (κ1) is 9.03. The van der Waals surface area contributed by atoms with Crippen molar-refractivity contribution in [1.29, 1.82) is 0 Å². The van der Waals surface area contributed by atoms with Crippen molar-refractivity contribution in [3.8, 4) is 0 Å². The lowest BCUT2D eigenvalue weighted by Gasteiger charge is -2.02. The van der Waals surface area contributed by atoms with Gasteiger partial charge in [0.2, 0.25) is 0 Å². The predicted molar refractivity (Wildman–Crippen MR) is 57.2 cm³/mol. The van der Waals surface area contributed by atoms with Gasteiger partial charge in [0, 0.05) is 10.7 Å². The molecule has 0 N–H and O–H groups in total. The Balaban J connectivity index is 2.71. The maximum atomic E-state index is 6.00. The van der Waals surface area contributed by atoms with Gasteiger partial charge in [-0.2, -0.15) is 0 Å². The van der Waals surface area contributed by atoms with Crippen LogP contribution in [-0.4, -0.2) is 9.38 Å². The van der Waals surface area contributed by atoms with Crippen molar-refractivity contribution in [3.05, 3.63) is 34.7 Å². The summed E-state index contributed by atoms with van der Waals surface area (Å²) in [5.74, 6) is 0. The molecule has 4 heteroatoms. The molecule has 0 aliphatic rings. The van der Waals surface area contributed by atoms with Gasteiger partial charge in [0.15, 0.2) is 0 Å². The number of nitrogens with zero attached hydrogens (tertiary/aromatic N) is 2. The molecule has 0 aliphatic carbocycles. The highest BCUT2D eigenvalue weighted by Gasteiger charge is 2.07. The van der Waals surface area contributed by atoms with Crippen molar-refractivity contribution in [3.63, 3.8) is 0 Å². The van der Waals surface area contributed by atoms with Gasteiger partial charge in [-0.15, -0.1) is 11.6 Å². The van der Waals surface area contributed by atoms with Crippen LogP contribution in [0.15, 0.2) is 29.0 Å². The van der Waals surface area contributed by atoms with Crippen LogP contribution in [0.4, 0.5) is 0 Å². The van der Waals surface area contributed by atoms with E-state index in [0.717, 1.165) is 15.8 Å². The molecule has 68 valence electrons. The Morgan fingerprint density at radius 2 is 2.31 bits per heavy atom. The van der Waals surface area contributed by atoms with E-state index in [1.165, 1.54) is 0 Å². The van der Waals surface area contributed by atoms with E-state index in [0.29, 0.717) is 0 Å². The molecule has 0 amide bonds. The van der Waals surface area contributed by atoms with Gasteiger partial charge >= 0.3 is 0 Å². The summed E-state index contributed by atoms with van der Waals surface area (Å²) in [4.78, 5) is 4.24. The monoisotopic (exact) mass is 258 g/mol. The number of halogens is 2. The Kier molecular flexibility index (Phi) is 2.30. The third kappa shape index (κ3) is 1.58. The van der Waals surface area contributed by atoms with E-state index in [1.807, 2.05) is 29.7 Å². The van der Waals surface area contributed by atoms with Crippen LogP contribution in [0.3, 0.4) is 0 Å². The first-order chi connectivity index (χ1) is 6.18. The Hall–Kier alpha value is -0.540. The zero-order chi connectivity index (χ0) is 9.42. The maximum Gasteiger partial charge on any atom is 0.136 e. The van der Waals surface area contributed by atoms with E-state index in [1.54, 1.807) is 6.20 Å². The van der Waals surface area contributed by atoms with Crippen LogP contribution in [0.5, 0.6) is 0 Å². The Morgan fingerprint density at radius 1 is 1.54 bits per heavy atom. The van der Waals surface area contributed by atoms with Crippen LogP contribution in [0.2, 0.25) is 0 Å². The number of aromatic nitrogens is 2. The van der Waals surface area contributed by atoms with Gasteiger partial charge in [0.25, 0.3) is 0 Å². The number of hydrogen-bond donors (Lipinski definition) is 0. The minimum Gasteiger partial charge on any atom is -0.301 e. The van der Waals surface area contributed by atoms with E-state index in [2.05, 4.69) is 20.9 Å². The maximum absolute atomic E-state index is 6.00. The molecule has 0 aliphatic heterocycles. The van der Waals surface area contributed by atoms with Gasteiger partial charge < -0.3 is 4.40 Å². The highest BCUT2D eigenvalue weighted by atomic mass is 79.9. The van der Waals surface area contributed by atoms with Gasteiger partial charge in [-0.3, -0.25) is 0 Å². The first-order valence-electron chi connectivity index (χ1n) is 3.95. The van der Waals surface area contributed by atoms with Crippen LogP contribution < -0.4 is 0 Å². The van der Waals surface area contributed by atoms with Crippen molar-refractivity contribution in [1.82, 2.24) is 9.38 Å². The second-order valence-electron chi connectivity index (χ2n) is 2.87. The number of fused-ring (bicyclic) bond motifs is 1. The molecule has 2 rings (SSSR count). The van der Waals surface area contributed by atoms with Crippen LogP contribution in [0.25, 0.3) is 5.65 Å². The number of rotatable bonds is 1. The van der Waals surface area contributed by atoms with Crippen LogP contribution in [-0.2, 0) is 0 Å². The normalized spacial score (nSPS) is 13.5. The average Bonchev–Trinajstić information content (AvgIpc) is 2.46. The van der Waals surface area contributed by atoms with Crippen LogP contribution in [0.1, 0.15) is 18.0 Å². The van der Waals surface area contributed by atoms with Gasteiger partial charge in [-0.1, -0.05) is 0 Å². The molecular formula is C9H8BrClN2. The molecule has 0 unspecified atom stereocenters. The summed E-state index contributed by atoms with van der Waals surface area (Å²) in [6, 6.07) is 3.91. The standard InChI is InChI=1S/C9H8BrClN2/c1-6(11)8-4-12-9-3-2-7(10)5-13(8)9/h2-6H,1H3/t6-/m0/s1. The summed E-state index contributed by atoms with van der Waals surface area (Å²) >= 11 is 9.41. The molecule has 13 heavy (non-hydrogen) atoms. The minimum atomic E-state index is -0.0238. The summed E-state index contributed by atoms with van der Waals surface area (Å²) in [5, 5.41) is -0.0238. The summed E-state index contributed by atoms with van der Waals surface area (Å²) in [6.07, 6.45) is 3.77. The summed E-state index contributed by atoms with van der Waals surface area (Å²) in [6.45, 7) is 1.94. The third-order valence-corrected chi connectivity index (χ3v) is 2.60. The van der Waals surface area contributed by atoms with E-state index >= 15 is 0 Å². The number of hydrogen-bond acceptors (Lipinski definition) is 1. The van der Waals surface area contributed by atoms with E-state index in [4.69, 9.17) is 11.6 Å². The lowest BCUT2D eigenvalue weighted by atomic mass is 10.3. The SMILES string of the molecule is C[C@H](Cl)c1cnc2ccc(Br)cn12. The molecule has 0 aromatic carbocycles. The van der Waals surface area contributed by atoms with E-state index < -0.39 is 0 Å². The lowest BCUT2D eigenvalue weighted by Crippen LogP contribution is -1.92. The highest BCUT2D eigenvalue weighted by Crippen LogP contribution is 2.22. The zero-order valence-electron chi connectivity index (χ0n) is 7.04. The van der Waals surface area contributed by atoms with Crippen molar-refractivity contribution in [2.75, 3.05) is 0 Å². The molecule has 2 aromatic rings. The molecule has 0 saturated heterocycles. The molecule has 0 spiro atoms. The molecule has 0 bridgehead atoms. The van der Waals surface area contributed by atoms with Gasteiger partial charge in [-0.05, 0) is 35.0 Å². The highest BCUT2D eigenvalue weighted by molar-refractivity contribution is 9.10. The van der Waals surface area contributed by atoms with Crippen LogP contribution >= 0.6 is 27.5 Å². The van der Waals surface area contributed by atoms with Crippen molar-refractivity contribution >= 4 is 33.2 Å². The first-order valence-corrected chi connectivity index (χ1v) is 5.18. The van der Waals surface area contributed by atoms with Crippen molar-refractivity contribution in [2.45, 2.75) is 12.3 Å². The van der Waals surface area contributed by atoms with E-state index in [9.17, 15) is 0 Å². The summed E-state index contributed by atoms with van der Waals surface area (Å²) < 4.78 is 3.01. The minimum absolute atomic E-state index is 0.0238. The van der Waals surface area contributed by atoms with Crippen molar-refractivity contribution in [2.24, 2.45) is 0 Å². The fourth-order valence-electron chi connectivity index (χ4n) is 1.27. The Bertz CT molecular complexity index is 436. The second kappa shape index (κ2) is 3.31. The molecule has 2 aromatic heterocycles. The molecule has 0 saturated carbocycles. The van der Waals surface area contributed by atoms with Gasteiger partial charge in [-0.25, -0.2) is 4.98 Å². The molecule has 2 nitrogen and oxygen atoms in total.